The van der Waals surface area contributed by atoms with Crippen LogP contribution in [0.4, 0.5) is 5.69 Å². The molecule has 6 heteroatoms. The molecule has 3 aromatic rings. The Kier molecular flexibility index (Phi) is 7.57. The molecular weight excluding hydrogens is 402 g/mol. The van der Waals surface area contributed by atoms with Gasteiger partial charge in [0.05, 0.1) is 13.2 Å². The fourth-order valence-electron chi connectivity index (χ4n) is 2.85. The Morgan fingerprint density at radius 3 is 2.33 bits per heavy atom. The van der Waals surface area contributed by atoms with Gasteiger partial charge in [-0.25, -0.2) is 0 Å². The monoisotopic (exact) mass is 425 g/mol. The molecule has 156 valence electrons. The summed E-state index contributed by atoms with van der Waals surface area (Å²) in [6.07, 6.45) is 0. The minimum atomic E-state index is -0.216. The van der Waals surface area contributed by atoms with Gasteiger partial charge in [0.15, 0.2) is 0 Å². The lowest BCUT2D eigenvalue weighted by Crippen LogP contribution is -2.13. The highest BCUT2D eigenvalue weighted by molar-refractivity contribution is 6.30. The highest BCUT2D eigenvalue weighted by Crippen LogP contribution is 2.25. The molecule has 5 nitrogen and oxygen atoms in total. The molecule has 3 rings (SSSR count). The minimum Gasteiger partial charge on any atom is -0.494 e. The molecule has 0 spiro atoms. The Morgan fingerprint density at radius 1 is 0.867 bits per heavy atom. The molecule has 0 aromatic heterocycles. The Labute approximate surface area is 181 Å². The van der Waals surface area contributed by atoms with E-state index >= 15 is 0 Å². The van der Waals surface area contributed by atoms with Crippen molar-refractivity contribution < 1.29 is 19.0 Å². The number of benzene rings is 3. The number of hydrogen-bond acceptors (Lipinski definition) is 4. The predicted octanol–water partition coefficient (Wildman–Crippen LogP) is 5.97. The molecule has 0 aliphatic carbocycles. The molecule has 0 bridgehead atoms. The van der Waals surface area contributed by atoms with Crippen molar-refractivity contribution in [3.8, 4) is 17.2 Å². The summed E-state index contributed by atoms with van der Waals surface area (Å²) >= 11 is 6.01. The molecule has 1 amide bonds. The molecule has 0 saturated carbocycles. The maximum atomic E-state index is 12.7. The lowest BCUT2D eigenvalue weighted by atomic mass is 10.1. The lowest BCUT2D eigenvalue weighted by Gasteiger charge is -2.14. The first-order chi connectivity index (χ1) is 14.6. The molecule has 0 radical (unpaired) electrons. The lowest BCUT2D eigenvalue weighted by molar-refractivity contribution is 0.102. The number of hydrogen-bond donors (Lipinski definition) is 1. The van der Waals surface area contributed by atoms with Crippen LogP contribution in [-0.2, 0) is 6.61 Å². The third kappa shape index (κ3) is 5.91. The van der Waals surface area contributed by atoms with E-state index in [-0.39, 0.29) is 12.5 Å². The number of nitrogens with one attached hydrogen (secondary N) is 1. The molecule has 0 fully saturated rings. The Hall–Kier alpha value is -3.18. The van der Waals surface area contributed by atoms with Gasteiger partial charge in [-0.3, -0.25) is 4.79 Å². The van der Waals surface area contributed by atoms with E-state index in [0.717, 1.165) is 11.3 Å². The smallest absolute Gasteiger partial charge is 0.255 e. The van der Waals surface area contributed by atoms with E-state index in [1.807, 2.05) is 38.1 Å². The highest BCUT2D eigenvalue weighted by atomic mass is 35.5. The number of halogens is 1. The second-order valence-corrected chi connectivity index (χ2v) is 6.85. The van der Waals surface area contributed by atoms with Gasteiger partial charge >= 0.3 is 0 Å². The van der Waals surface area contributed by atoms with E-state index in [1.165, 1.54) is 0 Å². The number of carbonyl (C=O) groups is 1. The Bertz CT molecular complexity index is 989. The zero-order chi connectivity index (χ0) is 21.3. The van der Waals surface area contributed by atoms with Crippen molar-refractivity contribution in [2.45, 2.75) is 20.5 Å². The normalized spacial score (nSPS) is 10.4. The van der Waals surface area contributed by atoms with Crippen LogP contribution in [0.3, 0.4) is 0 Å². The molecule has 1 N–H and O–H groups in total. The van der Waals surface area contributed by atoms with Crippen LogP contribution in [0, 0.1) is 0 Å². The number of ether oxygens (including phenoxy) is 3. The zero-order valence-electron chi connectivity index (χ0n) is 17.0. The first-order valence-corrected chi connectivity index (χ1v) is 10.1. The third-order valence-corrected chi connectivity index (χ3v) is 4.47. The third-order valence-electron chi connectivity index (χ3n) is 4.24. The predicted molar refractivity (Wildman–Crippen MR) is 119 cm³/mol. The average molecular weight is 426 g/mol. The van der Waals surface area contributed by atoms with Crippen molar-refractivity contribution in [3.05, 3.63) is 82.9 Å². The highest BCUT2D eigenvalue weighted by Gasteiger charge is 2.12. The standard InChI is InChI=1S/C24H24ClNO4/c1-3-28-21-11-9-20(10-12-21)26-24(27)17-8-13-23(29-4-2)18(14-17)16-30-22-7-5-6-19(25)15-22/h5-15H,3-4,16H2,1-2H3,(H,26,27). The number of anilines is 1. The SMILES string of the molecule is CCOc1ccc(NC(=O)c2ccc(OCC)c(COc3cccc(Cl)c3)c2)cc1. The van der Waals surface area contributed by atoms with E-state index < -0.39 is 0 Å². The average Bonchev–Trinajstić information content (AvgIpc) is 2.75. The van der Waals surface area contributed by atoms with Crippen molar-refractivity contribution >= 4 is 23.2 Å². The van der Waals surface area contributed by atoms with E-state index in [1.54, 1.807) is 42.5 Å². The Balaban J connectivity index is 1.74. The zero-order valence-corrected chi connectivity index (χ0v) is 17.7. The number of carbonyl (C=O) groups excluding carboxylic acids is 1. The van der Waals surface area contributed by atoms with Crippen LogP contribution in [0.25, 0.3) is 0 Å². The summed E-state index contributed by atoms with van der Waals surface area (Å²) in [7, 11) is 0. The maximum absolute atomic E-state index is 12.7. The largest absolute Gasteiger partial charge is 0.494 e. The molecule has 0 aliphatic heterocycles. The number of amides is 1. The summed E-state index contributed by atoms with van der Waals surface area (Å²) in [5.74, 6) is 1.87. The molecule has 0 unspecified atom stereocenters. The summed E-state index contributed by atoms with van der Waals surface area (Å²) < 4.78 is 16.9. The van der Waals surface area contributed by atoms with E-state index in [4.69, 9.17) is 25.8 Å². The van der Waals surface area contributed by atoms with E-state index in [9.17, 15) is 4.79 Å². The van der Waals surface area contributed by atoms with Crippen molar-refractivity contribution in [1.29, 1.82) is 0 Å². The van der Waals surface area contributed by atoms with Crippen LogP contribution in [0.2, 0.25) is 5.02 Å². The minimum absolute atomic E-state index is 0.216. The van der Waals surface area contributed by atoms with Crippen LogP contribution in [0.5, 0.6) is 17.2 Å². The van der Waals surface area contributed by atoms with Gasteiger partial charge in [-0.05, 0) is 74.5 Å². The van der Waals surface area contributed by atoms with Gasteiger partial charge in [0.1, 0.15) is 23.9 Å². The summed E-state index contributed by atoms with van der Waals surface area (Å²) in [6.45, 7) is 5.20. The summed E-state index contributed by atoms with van der Waals surface area (Å²) in [6, 6.07) is 19.7. The van der Waals surface area contributed by atoms with Gasteiger partial charge in [0.25, 0.3) is 5.91 Å². The van der Waals surface area contributed by atoms with Gasteiger partial charge in [0.2, 0.25) is 0 Å². The van der Waals surface area contributed by atoms with Gasteiger partial charge in [-0.1, -0.05) is 17.7 Å². The van der Waals surface area contributed by atoms with Crippen molar-refractivity contribution in [3.63, 3.8) is 0 Å². The first kappa shape index (κ1) is 21.5. The molecule has 3 aromatic carbocycles. The van der Waals surface area contributed by atoms with Crippen molar-refractivity contribution in [1.82, 2.24) is 0 Å². The fraction of sp³-hybridized carbons (Fsp3) is 0.208. The van der Waals surface area contributed by atoms with Gasteiger partial charge in [-0.15, -0.1) is 0 Å². The Morgan fingerprint density at radius 2 is 1.63 bits per heavy atom. The second-order valence-electron chi connectivity index (χ2n) is 6.41. The molecule has 30 heavy (non-hydrogen) atoms. The summed E-state index contributed by atoms with van der Waals surface area (Å²) in [5.41, 5.74) is 1.97. The first-order valence-electron chi connectivity index (χ1n) is 9.77. The van der Waals surface area contributed by atoms with Gasteiger partial charge in [0, 0.05) is 21.8 Å². The topological polar surface area (TPSA) is 56.8 Å². The molecule has 0 aliphatic rings. The van der Waals surface area contributed by atoms with Crippen molar-refractivity contribution in [2.75, 3.05) is 18.5 Å². The van der Waals surface area contributed by atoms with Crippen LogP contribution in [-0.4, -0.2) is 19.1 Å². The van der Waals surface area contributed by atoms with Crippen LogP contribution in [0.1, 0.15) is 29.8 Å². The molecule has 0 saturated heterocycles. The quantitative estimate of drug-likeness (QED) is 0.459. The van der Waals surface area contributed by atoms with E-state index in [0.29, 0.717) is 41.0 Å². The van der Waals surface area contributed by atoms with Crippen LogP contribution >= 0.6 is 11.6 Å². The fourth-order valence-corrected chi connectivity index (χ4v) is 3.03. The van der Waals surface area contributed by atoms with Crippen LogP contribution < -0.4 is 19.5 Å². The van der Waals surface area contributed by atoms with Gasteiger partial charge in [-0.2, -0.15) is 0 Å². The van der Waals surface area contributed by atoms with Gasteiger partial charge < -0.3 is 19.5 Å². The molecular formula is C24H24ClNO4. The number of rotatable bonds is 9. The van der Waals surface area contributed by atoms with E-state index in [2.05, 4.69) is 5.32 Å². The molecule has 0 atom stereocenters. The second kappa shape index (κ2) is 10.6. The molecule has 0 heterocycles. The van der Waals surface area contributed by atoms with Crippen LogP contribution in [0.15, 0.2) is 66.7 Å². The maximum Gasteiger partial charge on any atom is 0.255 e. The summed E-state index contributed by atoms with van der Waals surface area (Å²) in [5, 5.41) is 3.49. The summed E-state index contributed by atoms with van der Waals surface area (Å²) in [4.78, 5) is 12.7. The van der Waals surface area contributed by atoms with Crippen molar-refractivity contribution in [2.24, 2.45) is 0 Å².